The summed E-state index contributed by atoms with van der Waals surface area (Å²) in [5.74, 6) is 13.4. The Morgan fingerprint density at radius 3 is 1.50 bits per heavy atom. The van der Waals surface area contributed by atoms with Gasteiger partial charge in [0.1, 0.15) is 0 Å². The van der Waals surface area contributed by atoms with Gasteiger partial charge in [0.15, 0.2) is 0 Å². The van der Waals surface area contributed by atoms with E-state index in [0.29, 0.717) is 0 Å². The van der Waals surface area contributed by atoms with E-state index in [9.17, 15) is 0 Å². The molecule has 0 aliphatic carbocycles. The van der Waals surface area contributed by atoms with Gasteiger partial charge in [-0.1, -0.05) is 103 Å². The van der Waals surface area contributed by atoms with Gasteiger partial charge in [-0.05, 0) is 112 Å². The SMILES string of the molecule is CC#Cc1cc(C)c(C#Cc2cc(-c3cccc4ccccc34)c(C)cc2-c2cccc3ccccc23)cc1C. The highest BCUT2D eigenvalue weighted by Gasteiger charge is 2.14. The summed E-state index contributed by atoms with van der Waals surface area (Å²) in [6.45, 7) is 8.31. The van der Waals surface area contributed by atoms with Gasteiger partial charge < -0.3 is 0 Å². The molecular weight excluding hydrogens is 480 g/mol. The molecule has 0 nitrogen and oxygen atoms in total. The van der Waals surface area contributed by atoms with Crippen LogP contribution < -0.4 is 0 Å². The second-order valence-corrected chi connectivity index (χ2v) is 10.4. The molecule has 0 saturated carbocycles. The Kier molecular flexibility index (Phi) is 6.70. The van der Waals surface area contributed by atoms with Gasteiger partial charge in [-0.2, -0.15) is 0 Å². The third-order valence-electron chi connectivity index (χ3n) is 7.69. The van der Waals surface area contributed by atoms with Crippen molar-refractivity contribution in [3.8, 4) is 45.9 Å². The maximum Gasteiger partial charge on any atom is 0.0334 e. The fraction of sp³-hybridized carbons (Fsp3) is 0.100. The Morgan fingerprint density at radius 2 is 0.900 bits per heavy atom. The molecule has 0 atom stereocenters. The van der Waals surface area contributed by atoms with Gasteiger partial charge in [0.2, 0.25) is 0 Å². The van der Waals surface area contributed by atoms with Crippen LogP contribution in [0, 0.1) is 44.5 Å². The standard InChI is InChI=1S/C40H30/c1-5-12-32-23-28(3)33(24-27(32)2)21-22-34-26-39(37-19-10-15-30-13-6-8-17-35(30)37)29(4)25-40(34)38-20-11-16-31-14-7-9-18-36(31)38/h6-11,13-20,23-26H,1-4H3. The minimum Gasteiger partial charge on any atom is -0.101 e. The molecule has 0 amide bonds. The Balaban J connectivity index is 1.61. The third kappa shape index (κ3) is 4.66. The van der Waals surface area contributed by atoms with Crippen molar-refractivity contribution in [2.75, 3.05) is 0 Å². The summed E-state index contributed by atoms with van der Waals surface area (Å²) in [6.07, 6.45) is 0. The second-order valence-electron chi connectivity index (χ2n) is 10.4. The van der Waals surface area contributed by atoms with Crippen molar-refractivity contribution in [1.82, 2.24) is 0 Å². The fourth-order valence-electron chi connectivity index (χ4n) is 5.60. The van der Waals surface area contributed by atoms with Crippen molar-refractivity contribution in [1.29, 1.82) is 0 Å². The lowest BCUT2D eigenvalue weighted by Crippen LogP contribution is -1.94. The minimum atomic E-state index is 1.03. The van der Waals surface area contributed by atoms with Gasteiger partial charge >= 0.3 is 0 Å². The summed E-state index contributed by atoms with van der Waals surface area (Å²) in [5, 5.41) is 4.96. The van der Waals surface area contributed by atoms with Gasteiger partial charge in [-0.25, -0.2) is 0 Å². The molecule has 0 saturated heterocycles. The first-order valence-corrected chi connectivity index (χ1v) is 13.7. The van der Waals surface area contributed by atoms with E-state index in [1.807, 2.05) is 6.92 Å². The zero-order chi connectivity index (χ0) is 27.6. The number of aryl methyl sites for hydroxylation is 3. The number of benzene rings is 6. The van der Waals surface area contributed by atoms with E-state index in [2.05, 4.69) is 154 Å². The molecule has 0 spiro atoms. The van der Waals surface area contributed by atoms with Gasteiger partial charge in [0.25, 0.3) is 0 Å². The van der Waals surface area contributed by atoms with Crippen molar-refractivity contribution in [3.05, 3.63) is 143 Å². The summed E-state index contributed by atoms with van der Waals surface area (Å²) < 4.78 is 0. The van der Waals surface area contributed by atoms with E-state index in [-0.39, 0.29) is 0 Å². The molecule has 0 aromatic heterocycles. The van der Waals surface area contributed by atoms with Crippen LogP contribution in [0.25, 0.3) is 43.8 Å². The van der Waals surface area contributed by atoms with E-state index < -0.39 is 0 Å². The Bertz CT molecular complexity index is 2040. The molecule has 0 radical (unpaired) electrons. The van der Waals surface area contributed by atoms with Crippen LogP contribution in [-0.4, -0.2) is 0 Å². The first-order valence-electron chi connectivity index (χ1n) is 13.7. The molecule has 0 heteroatoms. The molecular formula is C40H30. The molecule has 0 aliphatic rings. The largest absolute Gasteiger partial charge is 0.101 e. The van der Waals surface area contributed by atoms with E-state index >= 15 is 0 Å². The molecule has 0 aliphatic heterocycles. The zero-order valence-electron chi connectivity index (χ0n) is 23.4. The Morgan fingerprint density at radius 1 is 0.400 bits per heavy atom. The van der Waals surface area contributed by atoms with E-state index in [1.54, 1.807) is 0 Å². The Hall–Kier alpha value is -5.04. The average Bonchev–Trinajstić information content (AvgIpc) is 2.98. The van der Waals surface area contributed by atoms with Crippen LogP contribution in [0.4, 0.5) is 0 Å². The minimum absolute atomic E-state index is 1.03. The highest BCUT2D eigenvalue weighted by Crippen LogP contribution is 2.37. The molecule has 0 N–H and O–H groups in total. The third-order valence-corrected chi connectivity index (χ3v) is 7.69. The van der Waals surface area contributed by atoms with Crippen LogP contribution >= 0.6 is 0 Å². The molecule has 190 valence electrons. The molecule has 0 bridgehead atoms. The predicted octanol–water partition coefficient (Wildman–Crippen LogP) is 10.0. The number of hydrogen-bond acceptors (Lipinski definition) is 0. The monoisotopic (exact) mass is 510 g/mol. The van der Waals surface area contributed by atoms with Crippen LogP contribution in [0.15, 0.2) is 109 Å². The summed E-state index contributed by atoms with van der Waals surface area (Å²) >= 11 is 0. The number of hydrogen-bond donors (Lipinski definition) is 0. The van der Waals surface area contributed by atoms with Crippen molar-refractivity contribution in [3.63, 3.8) is 0 Å². The zero-order valence-corrected chi connectivity index (χ0v) is 23.4. The maximum absolute atomic E-state index is 3.61. The van der Waals surface area contributed by atoms with Crippen LogP contribution in [0.3, 0.4) is 0 Å². The Labute approximate surface area is 237 Å². The van der Waals surface area contributed by atoms with Crippen LogP contribution in [0.1, 0.15) is 40.3 Å². The van der Waals surface area contributed by atoms with Gasteiger partial charge in [-0.15, -0.1) is 5.92 Å². The van der Waals surface area contributed by atoms with Crippen molar-refractivity contribution < 1.29 is 0 Å². The second kappa shape index (κ2) is 10.6. The summed E-state index contributed by atoms with van der Waals surface area (Å²) in [5.41, 5.74) is 11.5. The van der Waals surface area contributed by atoms with Gasteiger partial charge in [-0.3, -0.25) is 0 Å². The highest BCUT2D eigenvalue weighted by atomic mass is 14.2. The molecule has 0 unspecified atom stereocenters. The van der Waals surface area contributed by atoms with E-state index in [1.165, 1.54) is 43.8 Å². The maximum atomic E-state index is 3.61. The number of rotatable bonds is 2. The lowest BCUT2D eigenvalue weighted by atomic mass is 9.88. The number of fused-ring (bicyclic) bond motifs is 2. The molecule has 0 heterocycles. The van der Waals surface area contributed by atoms with Gasteiger partial charge in [0, 0.05) is 16.7 Å². The van der Waals surface area contributed by atoms with Crippen molar-refractivity contribution in [2.45, 2.75) is 27.7 Å². The normalized spacial score (nSPS) is 10.6. The molecule has 6 aromatic rings. The van der Waals surface area contributed by atoms with Crippen molar-refractivity contribution in [2.24, 2.45) is 0 Å². The fourth-order valence-corrected chi connectivity index (χ4v) is 5.60. The smallest absolute Gasteiger partial charge is 0.0334 e. The molecule has 6 rings (SSSR count). The summed E-state index contributed by atoms with van der Waals surface area (Å²) in [6, 6.07) is 39.2. The summed E-state index contributed by atoms with van der Waals surface area (Å²) in [4.78, 5) is 0. The first kappa shape index (κ1) is 25.2. The lowest BCUT2D eigenvalue weighted by Gasteiger charge is -2.15. The van der Waals surface area contributed by atoms with E-state index in [4.69, 9.17) is 0 Å². The quantitative estimate of drug-likeness (QED) is 0.203. The molecule has 0 fully saturated rings. The topological polar surface area (TPSA) is 0 Å². The van der Waals surface area contributed by atoms with Crippen molar-refractivity contribution >= 4 is 21.5 Å². The molecule has 6 aromatic carbocycles. The van der Waals surface area contributed by atoms with Crippen LogP contribution in [0.5, 0.6) is 0 Å². The average molecular weight is 511 g/mol. The van der Waals surface area contributed by atoms with Crippen LogP contribution in [-0.2, 0) is 0 Å². The highest BCUT2D eigenvalue weighted by molar-refractivity contribution is 6.01. The van der Waals surface area contributed by atoms with E-state index in [0.717, 1.165) is 33.4 Å². The summed E-state index contributed by atoms with van der Waals surface area (Å²) in [7, 11) is 0. The predicted molar refractivity (Wildman–Crippen MR) is 172 cm³/mol. The molecule has 40 heavy (non-hydrogen) atoms. The van der Waals surface area contributed by atoms with Gasteiger partial charge in [0.05, 0.1) is 0 Å². The first-order chi connectivity index (χ1) is 19.5. The van der Waals surface area contributed by atoms with Crippen LogP contribution in [0.2, 0.25) is 0 Å². The lowest BCUT2D eigenvalue weighted by molar-refractivity contribution is 1.35.